The van der Waals surface area contributed by atoms with Crippen molar-refractivity contribution in [2.75, 3.05) is 0 Å². The second kappa shape index (κ2) is 14.2. The molecule has 0 aliphatic heterocycles. The Bertz CT molecular complexity index is 710. The average Bonchev–Trinajstić information content (AvgIpc) is 2.76. The fourth-order valence-corrected chi connectivity index (χ4v) is 4.59. The summed E-state index contributed by atoms with van der Waals surface area (Å²) in [4.78, 5) is 0. The van der Waals surface area contributed by atoms with E-state index in [1.54, 1.807) is 0 Å². The van der Waals surface area contributed by atoms with E-state index >= 15 is 0 Å². The number of hydrogen-bond acceptors (Lipinski definition) is 2. The first-order valence-corrected chi connectivity index (χ1v) is 12.7. The molecule has 2 rings (SSSR count). The monoisotopic (exact) mass is 424 g/mol. The fourth-order valence-electron chi connectivity index (χ4n) is 4.59. The number of phenols is 2. The summed E-state index contributed by atoms with van der Waals surface area (Å²) in [7, 11) is 0. The van der Waals surface area contributed by atoms with Gasteiger partial charge in [-0.3, -0.25) is 0 Å². The number of aryl methyl sites for hydroxylation is 2. The molecule has 2 aromatic carbocycles. The van der Waals surface area contributed by atoms with Gasteiger partial charge in [0.05, 0.1) is 0 Å². The Morgan fingerprint density at radius 1 is 0.581 bits per heavy atom. The largest absolute Gasteiger partial charge is 0.508 e. The predicted molar refractivity (Wildman–Crippen MR) is 133 cm³/mol. The Morgan fingerprint density at radius 3 is 1.48 bits per heavy atom. The van der Waals surface area contributed by atoms with Gasteiger partial charge in [0.15, 0.2) is 0 Å². The molecule has 0 heterocycles. The van der Waals surface area contributed by atoms with Crippen LogP contribution in [0.1, 0.15) is 120 Å². The maximum absolute atomic E-state index is 10.3. The molecule has 0 saturated carbocycles. The van der Waals surface area contributed by atoms with E-state index in [9.17, 15) is 10.2 Å². The van der Waals surface area contributed by atoms with Gasteiger partial charge in [0.2, 0.25) is 0 Å². The van der Waals surface area contributed by atoms with Crippen molar-refractivity contribution in [2.45, 2.75) is 110 Å². The van der Waals surface area contributed by atoms with Crippen LogP contribution in [-0.4, -0.2) is 10.2 Å². The van der Waals surface area contributed by atoms with E-state index in [1.807, 2.05) is 12.1 Å². The summed E-state index contributed by atoms with van der Waals surface area (Å²) in [5.74, 6) is 1.13. The molecule has 2 nitrogen and oxygen atoms in total. The van der Waals surface area contributed by atoms with Crippen LogP contribution in [0.4, 0.5) is 0 Å². The molecular weight excluding hydrogens is 380 g/mol. The van der Waals surface area contributed by atoms with Crippen LogP contribution < -0.4 is 0 Å². The number of hydrogen-bond donors (Lipinski definition) is 2. The van der Waals surface area contributed by atoms with Crippen LogP contribution in [0, 0.1) is 0 Å². The van der Waals surface area contributed by atoms with E-state index < -0.39 is 0 Å². The van der Waals surface area contributed by atoms with Gasteiger partial charge in [0.1, 0.15) is 11.5 Å². The Morgan fingerprint density at radius 2 is 1.03 bits per heavy atom. The van der Waals surface area contributed by atoms with Gasteiger partial charge >= 0.3 is 0 Å². The second-order valence-electron chi connectivity index (χ2n) is 9.09. The molecular formula is C29H44O2. The lowest BCUT2D eigenvalue weighted by atomic mass is 9.84. The molecule has 0 aliphatic rings. The Hall–Kier alpha value is -1.96. The second-order valence-corrected chi connectivity index (χ2v) is 9.09. The molecule has 0 aromatic heterocycles. The third-order valence-corrected chi connectivity index (χ3v) is 6.40. The first-order valence-electron chi connectivity index (χ1n) is 12.7. The van der Waals surface area contributed by atoms with E-state index in [0.717, 1.165) is 43.2 Å². The van der Waals surface area contributed by atoms with E-state index in [2.05, 4.69) is 45.0 Å². The fraction of sp³-hybridized carbons (Fsp3) is 0.586. The minimum Gasteiger partial charge on any atom is -0.508 e. The number of aromatic hydroxyl groups is 2. The molecule has 0 aliphatic carbocycles. The first-order chi connectivity index (χ1) is 15.1. The topological polar surface area (TPSA) is 40.5 Å². The van der Waals surface area contributed by atoms with Crippen LogP contribution >= 0.6 is 0 Å². The van der Waals surface area contributed by atoms with Crippen LogP contribution in [0.25, 0.3) is 0 Å². The zero-order chi connectivity index (χ0) is 22.5. The van der Waals surface area contributed by atoms with Gasteiger partial charge in [0.25, 0.3) is 0 Å². The Kier molecular flexibility index (Phi) is 11.6. The van der Waals surface area contributed by atoms with Crippen molar-refractivity contribution in [3.05, 3.63) is 58.7 Å². The van der Waals surface area contributed by atoms with Gasteiger partial charge in [-0.05, 0) is 53.6 Å². The number of phenolic OH excluding ortho intramolecular Hbond substituents is 2. The average molecular weight is 425 g/mol. The maximum atomic E-state index is 10.3. The molecule has 2 heteroatoms. The first kappa shape index (κ1) is 25.3. The van der Waals surface area contributed by atoms with Crippen molar-refractivity contribution in [3.8, 4) is 11.5 Å². The molecule has 0 saturated heterocycles. The van der Waals surface area contributed by atoms with E-state index in [-0.39, 0.29) is 0 Å². The Labute approximate surface area is 190 Å². The highest BCUT2D eigenvalue weighted by molar-refractivity contribution is 5.44. The van der Waals surface area contributed by atoms with Crippen LogP contribution in [0.2, 0.25) is 0 Å². The quantitative estimate of drug-likeness (QED) is 0.281. The summed E-state index contributed by atoms with van der Waals surface area (Å²) < 4.78 is 0. The van der Waals surface area contributed by atoms with E-state index in [1.165, 1.54) is 62.5 Å². The van der Waals surface area contributed by atoms with Gasteiger partial charge < -0.3 is 10.2 Å². The summed E-state index contributed by atoms with van der Waals surface area (Å²) >= 11 is 0. The molecule has 0 bridgehead atoms. The van der Waals surface area contributed by atoms with Gasteiger partial charge in [-0.2, -0.15) is 0 Å². The summed E-state index contributed by atoms with van der Waals surface area (Å²) in [5.41, 5.74) is 4.68. The smallest absolute Gasteiger partial charge is 0.118 e. The van der Waals surface area contributed by atoms with Crippen molar-refractivity contribution in [1.82, 2.24) is 0 Å². The highest BCUT2D eigenvalue weighted by Gasteiger charge is 2.17. The number of benzene rings is 2. The van der Waals surface area contributed by atoms with Crippen LogP contribution in [0.15, 0.2) is 36.4 Å². The standard InChI is InChI=1S/C29H44O2/c1-4-7-8-9-10-11-12-13-16-27(23-17-19-28(30)25(21-23)14-5-2)24-18-20-29(31)26(22-24)15-6-3/h17-22,27,30-31H,4-16H2,1-3H3. The van der Waals surface area contributed by atoms with E-state index in [0.29, 0.717) is 17.4 Å². The van der Waals surface area contributed by atoms with Crippen LogP contribution in [0.5, 0.6) is 11.5 Å². The molecule has 2 N–H and O–H groups in total. The minimum absolute atomic E-state index is 0.313. The summed E-state index contributed by atoms with van der Waals surface area (Å²) in [6.07, 6.45) is 15.6. The zero-order valence-electron chi connectivity index (χ0n) is 20.1. The third-order valence-electron chi connectivity index (χ3n) is 6.40. The lowest BCUT2D eigenvalue weighted by molar-refractivity contribution is 0.466. The van der Waals surface area contributed by atoms with Crippen molar-refractivity contribution in [2.24, 2.45) is 0 Å². The molecule has 0 fully saturated rings. The number of rotatable bonds is 15. The lowest BCUT2D eigenvalue weighted by Gasteiger charge is -2.21. The van der Waals surface area contributed by atoms with Gasteiger partial charge in [-0.25, -0.2) is 0 Å². The normalized spacial score (nSPS) is 11.4. The molecule has 172 valence electrons. The van der Waals surface area contributed by atoms with Crippen molar-refractivity contribution < 1.29 is 10.2 Å². The van der Waals surface area contributed by atoms with Crippen LogP contribution in [-0.2, 0) is 12.8 Å². The van der Waals surface area contributed by atoms with Gasteiger partial charge in [0, 0.05) is 5.92 Å². The van der Waals surface area contributed by atoms with Crippen LogP contribution in [0.3, 0.4) is 0 Å². The summed E-state index contributed by atoms with van der Waals surface area (Å²) in [6.45, 7) is 6.58. The molecule has 0 spiro atoms. The lowest BCUT2D eigenvalue weighted by Crippen LogP contribution is -2.04. The SMILES string of the molecule is CCCCCCCCCCC(c1ccc(O)c(CCC)c1)c1ccc(O)c(CCC)c1. The molecule has 0 unspecified atom stereocenters. The van der Waals surface area contributed by atoms with Crippen molar-refractivity contribution in [1.29, 1.82) is 0 Å². The molecule has 0 radical (unpaired) electrons. The third kappa shape index (κ3) is 8.24. The van der Waals surface area contributed by atoms with Gasteiger partial charge in [-0.15, -0.1) is 0 Å². The maximum Gasteiger partial charge on any atom is 0.118 e. The molecule has 31 heavy (non-hydrogen) atoms. The van der Waals surface area contributed by atoms with Crippen molar-refractivity contribution >= 4 is 0 Å². The molecule has 0 amide bonds. The minimum atomic E-state index is 0.313. The number of unbranched alkanes of at least 4 members (excludes halogenated alkanes) is 7. The van der Waals surface area contributed by atoms with Gasteiger partial charge in [-0.1, -0.05) is 109 Å². The Balaban J connectivity index is 2.15. The molecule has 0 atom stereocenters. The summed E-state index contributed by atoms with van der Waals surface area (Å²) in [6, 6.07) is 12.3. The predicted octanol–water partition coefficient (Wildman–Crippen LogP) is 8.67. The summed E-state index contributed by atoms with van der Waals surface area (Å²) in [5, 5.41) is 20.5. The van der Waals surface area contributed by atoms with Crippen molar-refractivity contribution in [3.63, 3.8) is 0 Å². The highest BCUT2D eigenvalue weighted by atomic mass is 16.3. The zero-order valence-corrected chi connectivity index (χ0v) is 20.1. The highest BCUT2D eigenvalue weighted by Crippen LogP contribution is 2.35. The molecule has 2 aromatic rings. The van der Waals surface area contributed by atoms with E-state index in [4.69, 9.17) is 0 Å².